The highest BCUT2D eigenvalue weighted by atomic mass is 19.4. The molecule has 0 fully saturated rings. The molecule has 0 saturated carbocycles. The van der Waals surface area contributed by atoms with E-state index in [1.165, 1.54) is 6.92 Å². The van der Waals surface area contributed by atoms with E-state index in [9.17, 15) is 18.0 Å². The quantitative estimate of drug-likeness (QED) is 0.736. The number of carbonyl (C=O) groups excluding carboxylic acids is 1. The SMILES string of the molecule is COC(=O)C(C)c1cnccc1C(F)(F)F. The Morgan fingerprint density at radius 1 is 1.50 bits per heavy atom. The average Bonchev–Trinajstić information content (AvgIpc) is 2.26. The van der Waals surface area contributed by atoms with Crippen LogP contribution in [0.5, 0.6) is 0 Å². The van der Waals surface area contributed by atoms with Crippen molar-refractivity contribution in [2.45, 2.75) is 19.0 Å². The van der Waals surface area contributed by atoms with Crippen molar-refractivity contribution < 1.29 is 22.7 Å². The van der Waals surface area contributed by atoms with Crippen molar-refractivity contribution in [1.82, 2.24) is 4.98 Å². The molecule has 0 saturated heterocycles. The van der Waals surface area contributed by atoms with Gasteiger partial charge in [-0.05, 0) is 18.6 Å². The molecule has 0 amide bonds. The molecular formula is C10H10F3NO2. The lowest BCUT2D eigenvalue weighted by Crippen LogP contribution is -2.17. The molecule has 3 nitrogen and oxygen atoms in total. The fraction of sp³-hybridized carbons (Fsp3) is 0.400. The number of hydrogen-bond acceptors (Lipinski definition) is 3. The minimum Gasteiger partial charge on any atom is -0.469 e. The van der Waals surface area contributed by atoms with Crippen LogP contribution in [-0.2, 0) is 15.7 Å². The summed E-state index contributed by atoms with van der Waals surface area (Å²) in [6.07, 6.45) is -2.43. The largest absolute Gasteiger partial charge is 0.469 e. The topological polar surface area (TPSA) is 39.2 Å². The van der Waals surface area contributed by atoms with E-state index < -0.39 is 23.6 Å². The van der Waals surface area contributed by atoms with Crippen LogP contribution in [0.1, 0.15) is 24.0 Å². The molecule has 0 bridgehead atoms. The van der Waals surface area contributed by atoms with Crippen LogP contribution < -0.4 is 0 Å². The van der Waals surface area contributed by atoms with Crippen LogP contribution in [0, 0.1) is 0 Å². The molecule has 1 aromatic heterocycles. The second-order valence-electron chi connectivity index (χ2n) is 3.21. The monoisotopic (exact) mass is 233 g/mol. The number of esters is 1. The molecule has 88 valence electrons. The van der Waals surface area contributed by atoms with E-state index in [2.05, 4.69) is 9.72 Å². The van der Waals surface area contributed by atoms with Gasteiger partial charge in [-0.15, -0.1) is 0 Å². The molecule has 0 radical (unpaired) electrons. The molecule has 1 rings (SSSR count). The molecule has 1 heterocycles. The number of hydrogen-bond donors (Lipinski definition) is 0. The predicted molar refractivity (Wildman–Crippen MR) is 49.7 cm³/mol. The van der Waals surface area contributed by atoms with Crippen molar-refractivity contribution >= 4 is 5.97 Å². The first-order valence-electron chi connectivity index (χ1n) is 4.47. The fourth-order valence-electron chi connectivity index (χ4n) is 1.31. The molecule has 6 heteroatoms. The second-order valence-corrected chi connectivity index (χ2v) is 3.21. The molecule has 1 atom stereocenters. The van der Waals surface area contributed by atoms with E-state index in [0.717, 1.165) is 25.6 Å². The third kappa shape index (κ3) is 2.50. The Kier molecular flexibility index (Phi) is 3.51. The summed E-state index contributed by atoms with van der Waals surface area (Å²) < 4.78 is 42.2. The van der Waals surface area contributed by atoms with Gasteiger partial charge in [0.1, 0.15) is 0 Å². The van der Waals surface area contributed by atoms with Crippen molar-refractivity contribution in [1.29, 1.82) is 0 Å². The number of ether oxygens (including phenoxy) is 1. The summed E-state index contributed by atoms with van der Waals surface area (Å²) in [5.74, 6) is -1.71. The third-order valence-electron chi connectivity index (χ3n) is 2.18. The smallest absolute Gasteiger partial charge is 0.416 e. The Bertz CT molecular complexity index is 390. The van der Waals surface area contributed by atoms with Gasteiger partial charge < -0.3 is 4.74 Å². The van der Waals surface area contributed by atoms with Gasteiger partial charge in [0, 0.05) is 12.4 Å². The number of methoxy groups -OCH3 is 1. The van der Waals surface area contributed by atoms with Crippen LogP contribution in [0.2, 0.25) is 0 Å². The number of carbonyl (C=O) groups is 1. The molecule has 0 aliphatic heterocycles. The Hall–Kier alpha value is -1.59. The molecule has 0 spiro atoms. The standard InChI is InChI=1S/C10H10F3NO2/c1-6(9(15)16-2)7-5-14-4-3-8(7)10(11,12)13/h3-6H,1-2H3. The second kappa shape index (κ2) is 4.51. The van der Waals surface area contributed by atoms with Gasteiger partial charge >= 0.3 is 12.1 Å². The molecule has 16 heavy (non-hydrogen) atoms. The maximum absolute atomic E-state index is 12.6. The van der Waals surface area contributed by atoms with Gasteiger partial charge in [-0.3, -0.25) is 9.78 Å². The van der Waals surface area contributed by atoms with E-state index in [-0.39, 0.29) is 5.56 Å². The van der Waals surface area contributed by atoms with Crippen molar-refractivity contribution in [3.05, 3.63) is 29.6 Å². The summed E-state index contributed by atoms with van der Waals surface area (Å²) in [7, 11) is 1.13. The zero-order valence-electron chi connectivity index (χ0n) is 8.71. The maximum Gasteiger partial charge on any atom is 0.416 e. The lowest BCUT2D eigenvalue weighted by atomic mass is 9.98. The van der Waals surface area contributed by atoms with Crippen molar-refractivity contribution in [3.8, 4) is 0 Å². The first kappa shape index (κ1) is 12.5. The van der Waals surface area contributed by atoms with E-state index >= 15 is 0 Å². The van der Waals surface area contributed by atoms with Gasteiger partial charge in [0.25, 0.3) is 0 Å². The number of halogens is 3. The zero-order chi connectivity index (χ0) is 12.3. The van der Waals surface area contributed by atoms with Crippen LogP contribution >= 0.6 is 0 Å². The van der Waals surface area contributed by atoms with Crippen LogP contribution in [0.15, 0.2) is 18.5 Å². The predicted octanol–water partition coefficient (Wildman–Crippen LogP) is 2.38. The summed E-state index contributed by atoms with van der Waals surface area (Å²) in [6, 6.07) is 0.842. The molecular weight excluding hydrogens is 223 g/mol. The number of alkyl halides is 3. The number of aromatic nitrogens is 1. The highest BCUT2D eigenvalue weighted by molar-refractivity contribution is 5.78. The van der Waals surface area contributed by atoms with E-state index in [4.69, 9.17) is 0 Å². The number of rotatable bonds is 2. The Balaban J connectivity index is 3.19. The van der Waals surface area contributed by atoms with Crippen LogP contribution in [0.3, 0.4) is 0 Å². The molecule has 0 aliphatic rings. The maximum atomic E-state index is 12.6. The highest BCUT2D eigenvalue weighted by Crippen LogP contribution is 2.34. The van der Waals surface area contributed by atoms with Gasteiger partial charge in [0.05, 0.1) is 18.6 Å². The summed E-state index contributed by atoms with van der Waals surface area (Å²) in [5, 5.41) is 0. The average molecular weight is 233 g/mol. The number of pyridine rings is 1. The fourth-order valence-corrected chi connectivity index (χ4v) is 1.31. The van der Waals surface area contributed by atoms with Crippen molar-refractivity contribution in [3.63, 3.8) is 0 Å². The van der Waals surface area contributed by atoms with Gasteiger partial charge in [-0.1, -0.05) is 0 Å². The van der Waals surface area contributed by atoms with Gasteiger partial charge in [-0.2, -0.15) is 13.2 Å². The van der Waals surface area contributed by atoms with Crippen LogP contribution in [-0.4, -0.2) is 18.1 Å². The van der Waals surface area contributed by atoms with E-state index in [1.54, 1.807) is 0 Å². The summed E-state index contributed by atoms with van der Waals surface area (Å²) in [4.78, 5) is 14.8. The first-order valence-corrected chi connectivity index (χ1v) is 4.47. The molecule has 1 aromatic rings. The molecule has 0 aliphatic carbocycles. The van der Waals surface area contributed by atoms with E-state index in [0.29, 0.717) is 0 Å². The third-order valence-corrected chi connectivity index (χ3v) is 2.18. The summed E-state index contributed by atoms with van der Waals surface area (Å²) in [5.41, 5.74) is -1.04. The van der Waals surface area contributed by atoms with Gasteiger partial charge in [0.15, 0.2) is 0 Å². The minimum absolute atomic E-state index is 0.179. The Morgan fingerprint density at radius 2 is 2.12 bits per heavy atom. The summed E-state index contributed by atoms with van der Waals surface area (Å²) in [6.45, 7) is 1.35. The van der Waals surface area contributed by atoms with Crippen molar-refractivity contribution in [2.24, 2.45) is 0 Å². The lowest BCUT2D eigenvalue weighted by molar-refractivity contribution is -0.143. The molecule has 0 N–H and O–H groups in total. The Labute approximate surface area is 90.2 Å². The number of nitrogens with zero attached hydrogens (tertiary/aromatic N) is 1. The van der Waals surface area contributed by atoms with Gasteiger partial charge in [-0.25, -0.2) is 0 Å². The molecule has 1 unspecified atom stereocenters. The lowest BCUT2D eigenvalue weighted by Gasteiger charge is -2.15. The minimum atomic E-state index is -4.50. The van der Waals surface area contributed by atoms with E-state index in [1.807, 2.05) is 0 Å². The van der Waals surface area contributed by atoms with Crippen molar-refractivity contribution in [2.75, 3.05) is 7.11 Å². The van der Waals surface area contributed by atoms with Gasteiger partial charge in [0.2, 0.25) is 0 Å². The highest BCUT2D eigenvalue weighted by Gasteiger charge is 2.35. The first-order chi connectivity index (χ1) is 7.38. The van der Waals surface area contributed by atoms with Crippen LogP contribution in [0.25, 0.3) is 0 Å². The zero-order valence-corrected chi connectivity index (χ0v) is 8.71. The normalized spacial score (nSPS) is 13.3. The van der Waals surface area contributed by atoms with Crippen LogP contribution in [0.4, 0.5) is 13.2 Å². The Morgan fingerprint density at radius 3 is 2.62 bits per heavy atom. The molecule has 0 aromatic carbocycles. The summed E-state index contributed by atoms with van der Waals surface area (Å²) >= 11 is 0.